The smallest absolute Gasteiger partial charge is 0.255 e. The Morgan fingerprint density at radius 2 is 1.86 bits per heavy atom. The van der Waals surface area contributed by atoms with Crippen LogP contribution in [0.3, 0.4) is 0 Å². The first-order valence-corrected chi connectivity index (χ1v) is 9.49. The maximum absolute atomic E-state index is 13.1. The number of nitrogens with one attached hydrogen (secondary N) is 2. The van der Waals surface area contributed by atoms with Crippen LogP contribution in [0.4, 0.5) is 0 Å². The van der Waals surface area contributed by atoms with E-state index < -0.39 is 5.91 Å². The Morgan fingerprint density at radius 1 is 1.14 bits per heavy atom. The fourth-order valence-electron chi connectivity index (χ4n) is 4.06. The third-order valence-corrected chi connectivity index (χ3v) is 5.31. The number of nitrogens with zero attached hydrogens (tertiary/aromatic N) is 1. The first kappa shape index (κ1) is 18.7. The van der Waals surface area contributed by atoms with Crippen molar-refractivity contribution in [1.29, 1.82) is 0 Å². The molecule has 148 valence electrons. The number of fused-ring (bicyclic) bond motifs is 2. The van der Waals surface area contributed by atoms with E-state index in [1.165, 1.54) is 0 Å². The van der Waals surface area contributed by atoms with Crippen LogP contribution in [0.2, 0.25) is 0 Å². The average molecular weight is 390 g/mol. The van der Waals surface area contributed by atoms with Gasteiger partial charge in [0.05, 0.1) is 12.6 Å². The van der Waals surface area contributed by atoms with Crippen molar-refractivity contribution in [3.05, 3.63) is 70.9 Å². The summed E-state index contributed by atoms with van der Waals surface area (Å²) < 4.78 is 0. The SMILES string of the molecule is Cc1[nH]c2ccccc2c1[C@@H]1c2ccccc2C(=O)N1CCC(=O)NCC(N)=O. The molecule has 0 radical (unpaired) electrons. The van der Waals surface area contributed by atoms with Crippen molar-refractivity contribution in [2.24, 2.45) is 5.73 Å². The lowest BCUT2D eigenvalue weighted by molar-refractivity contribution is -0.125. The van der Waals surface area contributed by atoms with Gasteiger partial charge in [0.2, 0.25) is 11.8 Å². The third-order valence-electron chi connectivity index (χ3n) is 5.31. The van der Waals surface area contributed by atoms with Gasteiger partial charge in [0, 0.05) is 40.7 Å². The number of amides is 3. The minimum atomic E-state index is -0.602. The molecule has 2 heterocycles. The Balaban J connectivity index is 1.70. The standard InChI is InChI=1S/C22H22N4O3/c1-13-20(16-8-4-5-9-17(16)25-13)21-14-6-2-3-7-15(14)22(29)26(21)11-10-19(28)24-12-18(23)27/h2-9,21,25H,10-12H2,1H3,(H2,23,27)(H,24,28)/t21-/m0/s1. The molecule has 1 aromatic heterocycles. The molecule has 0 aliphatic carbocycles. The number of carbonyl (C=O) groups is 3. The predicted molar refractivity (Wildman–Crippen MR) is 109 cm³/mol. The average Bonchev–Trinajstić information content (AvgIpc) is 3.18. The van der Waals surface area contributed by atoms with Gasteiger partial charge in [0.15, 0.2) is 0 Å². The highest BCUT2D eigenvalue weighted by Crippen LogP contribution is 2.42. The monoisotopic (exact) mass is 390 g/mol. The van der Waals surface area contributed by atoms with E-state index in [0.717, 1.165) is 27.7 Å². The van der Waals surface area contributed by atoms with E-state index >= 15 is 0 Å². The fourth-order valence-corrected chi connectivity index (χ4v) is 4.06. The number of primary amides is 1. The van der Waals surface area contributed by atoms with Crippen LogP contribution in [-0.4, -0.2) is 40.7 Å². The van der Waals surface area contributed by atoms with E-state index in [9.17, 15) is 14.4 Å². The summed E-state index contributed by atoms with van der Waals surface area (Å²) in [6.07, 6.45) is 0.0882. The summed E-state index contributed by atoms with van der Waals surface area (Å²) in [6, 6.07) is 15.3. The van der Waals surface area contributed by atoms with Gasteiger partial charge < -0.3 is 20.9 Å². The summed E-state index contributed by atoms with van der Waals surface area (Å²) in [7, 11) is 0. The van der Waals surface area contributed by atoms with Gasteiger partial charge in [-0.25, -0.2) is 0 Å². The topological polar surface area (TPSA) is 108 Å². The molecule has 0 saturated heterocycles. The number of hydrogen-bond acceptors (Lipinski definition) is 3. The second-order valence-corrected chi connectivity index (χ2v) is 7.19. The van der Waals surface area contributed by atoms with Crippen LogP contribution in [0, 0.1) is 6.92 Å². The van der Waals surface area contributed by atoms with Crippen LogP contribution in [0.15, 0.2) is 48.5 Å². The zero-order valence-corrected chi connectivity index (χ0v) is 16.1. The van der Waals surface area contributed by atoms with Gasteiger partial charge in [-0.15, -0.1) is 0 Å². The van der Waals surface area contributed by atoms with E-state index in [4.69, 9.17) is 5.73 Å². The maximum Gasteiger partial charge on any atom is 0.255 e. The number of nitrogens with two attached hydrogens (primary N) is 1. The molecule has 0 unspecified atom stereocenters. The van der Waals surface area contributed by atoms with E-state index in [2.05, 4.69) is 10.3 Å². The van der Waals surface area contributed by atoms with Crippen molar-refractivity contribution < 1.29 is 14.4 Å². The Morgan fingerprint density at radius 3 is 2.66 bits per heavy atom. The quantitative estimate of drug-likeness (QED) is 0.599. The van der Waals surface area contributed by atoms with Crippen molar-refractivity contribution in [2.75, 3.05) is 13.1 Å². The number of rotatable bonds is 6. The summed E-state index contributed by atoms with van der Waals surface area (Å²) in [6.45, 7) is 2.03. The zero-order valence-electron chi connectivity index (χ0n) is 16.1. The molecule has 3 amide bonds. The molecule has 0 saturated carbocycles. The van der Waals surface area contributed by atoms with Crippen LogP contribution in [0.25, 0.3) is 10.9 Å². The summed E-state index contributed by atoms with van der Waals surface area (Å²) in [4.78, 5) is 41.2. The Bertz CT molecular complexity index is 1120. The van der Waals surface area contributed by atoms with Gasteiger partial charge in [-0.2, -0.15) is 0 Å². The van der Waals surface area contributed by atoms with E-state index in [0.29, 0.717) is 5.56 Å². The Hall–Kier alpha value is -3.61. The molecule has 29 heavy (non-hydrogen) atoms. The normalized spacial score (nSPS) is 15.6. The van der Waals surface area contributed by atoms with Crippen molar-refractivity contribution in [2.45, 2.75) is 19.4 Å². The largest absolute Gasteiger partial charge is 0.368 e. The molecule has 4 N–H and O–H groups in total. The van der Waals surface area contributed by atoms with Gasteiger partial charge in [-0.1, -0.05) is 36.4 Å². The first-order valence-electron chi connectivity index (χ1n) is 9.49. The van der Waals surface area contributed by atoms with E-state index in [1.807, 2.05) is 55.5 Å². The molecule has 2 aromatic carbocycles. The van der Waals surface area contributed by atoms with E-state index in [-0.39, 0.29) is 37.4 Å². The Labute approximate surface area is 167 Å². The molecule has 0 fully saturated rings. The van der Waals surface area contributed by atoms with Crippen molar-refractivity contribution in [3.8, 4) is 0 Å². The second-order valence-electron chi connectivity index (χ2n) is 7.19. The number of aromatic nitrogens is 1. The Kier molecular flexibility index (Phi) is 4.80. The van der Waals surface area contributed by atoms with Crippen molar-refractivity contribution in [3.63, 3.8) is 0 Å². The lowest BCUT2D eigenvalue weighted by atomic mass is 9.95. The number of para-hydroxylation sites is 1. The lowest BCUT2D eigenvalue weighted by Crippen LogP contribution is -2.37. The van der Waals surface area contributed by atoms with Crippen LogP contribution in [0.1, 0.15) is 39.6 Å². The molecule has 1 aliphatic rings. The van der Waals surface area contributed by atoms with Gasteiger partial charge >= 0.3 is 0 Å². The van der Waals surface area contributed by atoms with Crippen LogP contribution in [-0.2, 0) is 9.59 Å². The highest BCUT2D eigenvalue weighted by atomic mass is 16.2. The summed E-state index contributed by atoms with van der Waals surface area (Å²) >= 11 is 0. The van der Waals surface area contributed by atoms with Crippen LogP contribution >= 0.6 is 0 Å². The predicted octanol–water partition coefficient (Wildman–Crippen LogP) is 2.01. The maximum atomic E-state index is 13.1. The number of carbonyl (C=O) groups excluding carboxylic acids is 3. The van der Waals surface area contributed by atoms with Gasteiger partial charge in [-0.05, 0) is 24.6 Å². The fraction of sp³-hybridized carbons (Fsp3) is 0.227. The molecule has 7 heteroatoms. The number of aryl methyl sites for hydroxylation is 1. The minimum Gasteiger partial charge on any atom is -0.368 e. The zero-order chi connectivity index (χ0) is 20.5. The third kappa shape index (κ3) is 3.35. The molecule has 3 aromatic rings. The number of H-pyrrole nitrogens is 1. The molecule has 1 atom stereocenters. The van der Waals surface area contributed by atoms with Gasteiger partial charge in [-0.3, -0.25) is 14.4 Å². The molecule has 7 nitrogen and oxygen atoms in total. The highest BCUT2D eigenvalue weighted by molar-refractivity contribution is 6.01. The van der Waals surface area contributed by atoms with Gasteiger partial charge in [0.25, 0.3) is 5.91 Å². The van der Waals surface area contributed by atoms with Gasteiger partial charge in [0.1, 0.15) is 0 Å². The number of hydrogen-bond donors (Lipinski definition) is 3. The van der Waals surface area contributed by atoms with E-state index in [1.54, 1.807) is 4.90 Å². The minimum absolute atomic E-state index is 0.0882. The second kappa shape index (κ2) is 7.43. The number of benzene rings is 2. The van der Waals surface area contributed by atoms with Crippen molar-refractivity contribution in [1.82, 2.24) is 15.2 Å². The van der Waals surface area contributed by atoms with Crippen molar-refractivity contribution >= 4 is 28.6 Å². The molecule has 0 bridgehead atoms. The number of aromatic amines is 1. The summed E-state index contributed by atoms with van der Waals surface area (Å²) in [5.41, 5.74) is 9.70. The lowest BCUT2D eigenvalue weighted by Gasteiger charge is -2.26. The summed E-state index contributed by atoms with van der Waals surface area (Å²) in [5.74, 6) is -1.02. The molecule has 4 rings (SSSR count). The van der Waals surface area contributed by atoms with Crippen LogP contribution < -0.4 is 11.1 Å². The molecular formula is C22H22N4O3. The van der Waals surface area contributed by atoms with Crippen LogP contribution in [0.5, 0.6) is 0 Å². The molecule has 1 aliphatic heterocycles. The summed E-state index contributed by atoms with van der Waals surface area (Å²) in [5, 5.41) is 3.53. The highest BCUT2D eigenvalue weighted by Gasteiger charge is 2.39. The first-order chi connectivity index (χ1) is 14.0. The molecule has 0 spiro atoms. The molecular weight excluding hydrogens is 368 g/mol.